The van der Waals surface area contributed by atoms with Crippen LogP contribution in [0.15, 0.2) is 198 Å². The Labute approximate surface area is 334 Å². The maximum Gasteiger partial charge on any atom is 0.167 e. The highest BCUT2D eigenvalue weighted by atomic mass is 16.3. The minimum atomic E-state index is -0.497. The van der Waals surface area contributed by atoms with Crippen LogP contribution in [0.3, 0.4) is 0 Å². The fraction of sp³-hybridized carbons (Fsp3) is 0. The summed E-state index contributed by atoms with van der Waals surface area (Å²) in [7, 11) is 0. The zero-order valence-corrected chi connectivity index (χ0v) is 29.6. The van der Waals surface area contributed by atoms with Crippen molar-refractivity contribution in [1.82, 2.24) is 19.5 Å². The van der Waals surface area contributed by atoms with E-state index in [1.807, 2.05) is 146 Å². The van der Waals surface area contributed by atoms with Gasteiger partial charge in [0, 0.05) is 43.9 Å². The molecule has 5 heteroatoms. The van der Waals surface area contributed by atoms with Crippen molar-refractivity contribution in [2.24, 2.45) is 0 Å². The summed E-state index contributed by atoms with van der Waals surface area (Å²) in [5.74, 6) is 1.47. The number of benzene rings is 8. The number of para-hydroxylation sites is 4. The molecule has 56 heavy (non-hydrogen) atoms. The molecule has 0 bridgehead atoms. The largest absolute Gasteiger partial charge is 0.455 e. The molecule has 0 aliphatic carbocycles. The number of hydrogen-bond acceptors (Lipinski definition) is 4. The first-order valence-corrected chi connectivity index (χ1v) is 18.1. The number of aromatic nitrogens is 4. The average Bonchev–Trinajstić information content (AvgIpc) is 3.92. The monoisotopic (exact) mass is 724 g/mol. The molecule has 0 saturated carbocycles. The van der Waals surface area contributed by atoms with E-state index in [4.69, 9.17) is 30.3 Å². The Morgan fingerprint density at radius 3 is 1.46 bits per heavy atom. The number of fused-ring (bicyclic) bond motifs is 6. The fourth-order valence-electron chi connectivity index (χ4n) is 7.52. The summed E-state index contributed by atoms with van der Waals surface area (Å²) >= 11 is 0. The van der Waals surface area contributed by atoms with E-state index in [-0.39, 0.29) is 33.9 Å². The van der Waals surface area contributed by atoms with Crippen LogP contribution in [0.25, 0.3) is 106 Å². The van der Waals surface area contributed by atoms with Gasteiger partial charge in [-0.25, -0.2) is 15.0 Å². The molecule has 262 valence electrons. The Morgan fingerprint density at radius 1 is 0.393 bits per heavy atom. The Morgan fingerprint density at radius 2 is 0.875 bits per heavy atom. The van der Waals surface area contributed by atoms with Crippen LogP contribution in [0.1, 0.15) is 11.0 Å². The van der Waals surface area contributed by atoms with E-state index >= 15 is 0 Å². The highest BCUT2D eigenvalue weighted by Gasteiger charge is 2.21. The lowest BCUT2D eigenvalue weighted by Gasteiger charge is -2.14. The van der Waals surface area contributed by atoms with E-state index in [0.29, 0.717) is 51.0 Å². The van der Waals surface area contributed by atoms with Crippen LogP contribution < -0.4 is 0 Å². The molecule has 0 unspecified atom stereocenters. The number of rotatable bonds is 6. The molecule has 0 amide bonds. The zero-order chi connectivity index (χ0) is 44.0. The Bertz CT molecular complexity index is 3570. The molecule has 0 fully saturated rings. The van der Waals surface area contributed by atoms with Gasteiger partial charge in [-0.15, -0.1) is 0 Å². The lowest BCUT2D eigenvalue weighted by atomic mass is 9.96. The number of nitrogens with zero attached hydrogens (tertiary/aromatic N) is 4. The fourth-order valence-corrected chi connectivity index (χ4v) is 7.52. The summed E-state index contributed by atoms with van der Waals surface area (Å²) in [6.07, 6.45) is 0. The third kappa shape index (κ3) is 5.29. The molecule has 0 atom stereocenters. The molecule has 0 saturated heterocycles. The van der Waals surface area contributed by atoms with Crippen molar-refractivity contribution in [2.75, 3.05) is 0 Å². The maximum atomic E-state index is 9.16. The Balaban J connectivity index is 1.19. The van der Waals surface area contributed by atoms with Gasteiger partial charge in [0.1, 0.15) is 11.2 Å². The summed E-state index contributed by atoms with van der Waals surface area (Å²) in [6.45, 7) is 0. The first-order valence-electron chi connectivity index (χ1n) is 22.1. The minimum Gasteiger partial charge on any atom is -0.455 e. The van der Waals surface area contributed by atoms with Gasteiger partial charge in [0.2, 0.25) is 0 Å². The SMILES string of the molecule is [2H]c1c([2H])c([2H])c2c(c1[2H])c1c([2H])c([2H])c([2H])c([2H])c1n2-c1cc(-c2ccccc2)cc(-c2cccc3c2oc2c(-c4nc(-c5ccccc5)nc(-c5ccccc5)n4)cccc23)c1. The minimum absolute atomic E-state index is 0.00996. The van der Waals surface area contributed by atoms with Crippen molar-refractivity contribution in [2.45, 2.75) is 0 Å². The van der Waals surface area contributed by atoms with Crippen LogP contribution in [0.5, 0.6) is 0 Å². The quantitative estimate of drug-likeness (QED) is 0.171. The summed E-state index contributed by atoms with van der Waals surface area (Å²) in [5, 5.41) is 1.69. The van der Waals surface area contributed by atoms with Crippen molar-refractivity contribution in [1.29, 1.82) is 0 Å². The van der Waals surface area contributed by atoms with Crippen LogP contribution in [0.4, 0.5) is 0 Å². The molecule has 11 aromatic rings. The second-order valence-corrected chi connectivity index (χ2v) is 13.4. The van der Waals surface area contributed by atoms with Crippen molar-refractivity contribution in [3.63, 3.8) is 0 Å². The van der Waals surface area contributed by atoms with E-state index < -0.39 is 36.3 Å². The zero-order valence-electron chi connectivity index (χ0n) is 37.6. The molecule has 8 aromatic carbocycles. The van der Waals surface area contributed by atoms with Crippen molar-refractivity contribution in [3.8, 4) is 62.1 Å². The molecule has 11 rings (SSSR count). The maximum absolute atomic E-state index is 9.16. The summed E-state index contributed by atoms with van der Waals surface area (Å²) in [5.41, 5.74) is 7.02. The molecule has 0 aliphatic rings. The highest BCUT2D eigenvalue weighted by molar-refractivity contribution is 6.13. The second-order valence-electron chi connectivity index (χ2n) is 13.4. The summed E-state index contributed by atoms with van der Waals surface area (Å²) in [6, 6.07) is 43.2. The van der Waals surface area contributed by atoms with Gasteiger partial charge < -0.3 is 8.98 Å². The van der Waals surface area contributed by atoms with Gasteiger partial charge in [0.05, 0.1) is 27.6 Å². The van der Waals surface area contributed by atoms with E-state index in [0.717, 1.165) is 33.0 Å². The third-order valence-corrected chi connectivity index (χ3v) is 10.1. The average molecular weight is 725 g/mol. The van der Waals surface area contributed by atoms with Gasteiger partial charge >= 0.3 is 0 Å². The first kappa shape index (κ1) is 24.6. The van der Waals surface area contributed by atoms with Crippen LogP contribution in [0.2, 0.25) is 0 Å². The van der Waals surface area contributed by atoms with Crippen molar-refractivity contribution in [3.05, 3.63) is 194 Å². The molecule has 0 aliphatic heterocycles. The molecule has 0 spiro atoms. The Hall–Kier alpha value is -7.63. The van der Waals surface area contributed by atoms with Crippen molar-refractivity contribution >= 4 is 43.7 Å². The molecule has 3 aromatic heterocycles. The lowest BCUT2D eigenvalue weighted by Crippen LogP contribution is -2.00. The van der Waals surface area contributed by atoms with Gasteiger partial charge in [-0.2, -0.15) is 0 Å². The van der Waals surface area contributed by atoms with E-state index in [1.165, 1.54) is 0 Å². The normalized spacial score (nSPS) is 13.6. The Kier molecular flexibility index (Phi) is 5.74. The summed E-state index contributed by atoms with van der Waals surface area (Å²) < 4.78 is 79.2. The van der Waals surface area contributed by atoms with Gasteiger partial charge in [0.15, 0.2) is 17.5 Å². The smallest absolute Gasteiger partial charge is 0.167 e. The summed E-state index contributed by atoms with van der Waals surface area (Å²) in [4.78, 5) is 14.9. The van der Waals surface area contributed by atoms with Gasteiger partial charge in [-0.3, -0.25) is 0 Å². The topological polar surface area (TPSA) is 56.7 Å². The number of hydrogen-bond donors (Lipinski definition) is 0. The molecule has 0 N–H and O–H groups in total. The van der Waals surface area contributed by atoms with Crippen LogP contribution in [0, 0.1) is 0 Å². The third-order valence-electron chi connectivity index (χ3n) is 10.1. The van der Waals surface area contributed by atoms with Gasteiger partial charge in [-0.1, -0.05) is 158 Å². The standard InChI is InChI=1S/C51H32N4O/c1-4-16-33(17-5-1)36-30-37(32-38(31-36)55-45-28-12-10-22-40(45)41-23-11-13-29-46(41)55)39-24-14-25-42-43-26-15-27-44(48(43)56-47(39)42)51-53-49(34-18-6-2-7-19-34)52-50(54-51)35-20-8-3-9-21-35/h1-32H/i10D,11D,12D,13D,22D,23D,28D,29D. The van der Waals surface area contributed by atoms with Crippen LogP contribution in [-0.2, 0) is 0 Å². The predicted octanol–water partition coefficient (Wildman–Crippen LogP) is 13.2. The van der Waals surface area contributed by atoms with Crippen molar-refractivity contribution < 1.29 is 15.4 Å². The molecule has 3 heterocycles. The predicted molar refractivity (Wildman–Crippen MR) is 229 cm³/mol. The lowest BCUT2D eigenvalue weighted by molar-refractivity contribution is 0.670. The van der Waals surface area contributed by atoms with E-state index in [2.05, 4.69) is 0 Å². The van der Waals surface area contributed by atoms with Gasteiger partial charge in [-0.05, 0) is 53.0 Å². The molecule has 0 radical (unpaired) electrons. The second kappa shape index (κ2) is 13.0. The van der Waals surface area contributed by atoms with Crippen LogP contribution in [-0.4, -0.2) is 19.5 Å². The highest BCUT2D eigenvalue weighted by Crippen LogP contribution is 2.42. The van der Waals surface area contributed by atoms with E-state index in [1.54, 1.807) is 4.57 Å². The number of furan rings is 1. The van der Waals surface area contributed by atoms with E-state index in [9.17, 15) is 0 Å². The molecule has 5 nitrogen and oxygen atoms in total. The first-order chi connectivity index (χ1) is 31.1. The molecular formula is C51H32N4O. The molecular weight excluding hydrogens is 685 g/mol. The van der Waals surface area contributed by atoms with Gasteiger partial charge in [0.25, 0.3) is 0 Å². The van der Waals surface area contributed by atoms with Crippen LogP contribution >= 0.6 is 0 Å².